The van der Waals surface area contributed by atoms with Crippen LogP contribution in [0.3, 0.4) is 0 Å². The van der Waals surface area contributed by atoms with Crippen molar-refractivity contribution in [2.45, 2.75) is 37.9 Å². The number of guanidine groups is 1. The molecule has 0 bridgehead atoms. The molecule has 0 saturated carbocycles. The van der Waals surface area contributed by atoms with Crippen molar-refractivity contribution in [1.29, 1.82) is 0 Å². The van der Waals surface area contributed by atoms with Crippen molar-refractivity contribution in [3.63, 3.8) is 0 Å². The molecule has 24 heavy (non-hydrogen) atoms. The largest absolute Gasteiger partial charge is 0.356 e. The van der Waals surface area contributed by atoms with Crippen LogP contribution in [0, 0.1) is 5.92 Å². The zero-order valence-corrected chi connectivity index (χ0v) is 18.6. The van der Waals surface area contributed by atoms with Crippen LogP contribution in [0.4, 0.5) is 0 Å². The number of likely N-dealkylation sites (tertiary alicyclic amines) is 1. The van der Waals surface area contributed by atoms with Crippen LogP contribution in [-0.4, -0.2) is 81.5 Å². The maximum Gasteiger partial charge on any atom is 0.193 e. The lowest BCUT2D eigenvalue weighted by atomic mass is 9.94. The normalized spacial score (nSPS) is 25.2. The van der Waals surface area contributed by atoms with Gasteiger partial charge in [0.25, 0.3) is 0 Å². The molecule has 2 fully saturated rings. The number of aliphatic imine (C=N–C) groups is 1. The molecule has 142 valence electrons. The molecule has 0 aromatic heterocycles. The summed E-state index contributed by atoms with van der Waals surface area (Å²) >= 11 is 0. The van der Waals surface area contributed by atoms with Crippen molar-refractivity contribution >= 4 is 39.8 Å². The Labute approximate surface area is 164 Å². The first kappa shape index (κ1) is 22.0. The Morgan fingerprint density at radius 3 is 2.42 bits per heavy atom. The van der Waals surface area contributed by atoms with Crippen molar-refractivity contribution in [3.8, 4) is 0 Å². The summed E-state index contributed by atoms with van der Waals surface area (Å²) in [6, 6.07) is 0. The Bertz CT molecular complexity index is 528. The van der Waals surface area contributed by atoms with E-state index >= 15 is 0 Å². The Balaban J connectivity index is 0.00000288. The topological polar surface area (TPSA) is 65.0 Å². The minimum Gasteiger partial charge on any atom is -0.356 e. The van der Waals surface area contributed by atoms with E-state index in [4.69, 9.17) is 0 Å². The Kier molecular flexibility index (Phi) is 8.25. The number of hydrogen-bond donors (Lipinski definition) is 1. The van der Waals surface area contributed by atoms with E-state index in [0.717, 1.165) is 24.8 Å². The molecule has 0 atom stereocenters. The summed E-state index contributed by atoms with van der Waals surface area (Å²) in [6.45, 7) is 7.93. The molecule has 0 radical (unpaired) electrons. The predicted molar refractivity (Wildman–Crippen MR) is 111 cm³/mol. The summed E-state index contributed by atoms with van der Waals surface area (Å²) in [5, 5.41) is 3.43. The lowest BCUT2D eigenvalue weighted by Crippen LogP contribution is -2.57. The monoisotopic (exact) mass is 472 g/mol. The van der Waals surface area contributed by atoms with Gasteiger partial charge in [0.05, 0.1) is 10.5 Å². The molecule has 0 spiro atoms. The zero-order chi connectivity index (χ0) is 17.1. The molecule has 2 saturated heterocycles. The third kappa shape index (κ3) is 5.45. The molecule has 8 heteroatoms. The van der Waals surface area contributed by atoms with E-state index in [0.29, 0.717) is 13.1 Å². The standard InChI is InChI=1S/C16H32N4O2S.HI/c1-16(2)13-20(11-12-23(16,21)22)15(17-3)18-8-5-14-6-9-19(4)10-7-14;/h14H,5-13H2,1-4H3,(H,17,18);1H. The van der Waals surface area contributed by atoms with E-state index < -0.39 is 14.6 Å². The molecular formula is C16H33IN4O2S. The number of piperidine rings is 1. The molecule has 0 aromatic carbocycles. The number of halogens is 1. The van der Waals surface area contributed by atoms with Gasteiger partial charge in [0.15, 0.2) is 15.8 Å². The van der Waals surface area contributed by atoms with Crippen molar-refractivity contribution in [2.24, 2.45) is 10.9 Å². The highest BCUT2D eigenvalue weighted by Crippen LogP contribution is 2.24. The van der Waals surface area contributed by atoms with Gasteiger partial charge in [0.2, 0.25) is 0 Å². The summed E-state index contributed by atoms with van der Waals surface area (Å²) in [6.07, 6.45) is 3.69. The summed E-state index contributed by atoms with van der Waals surface area (Å²) in [5.41, 5.74) is 0. The second kappa shape index (κ2) is 9.02. The van der Waals surface area contributed by atoms with Crippen LogP contribution in [-0.2, 0) is 9.84 Å². The van der Waals surface area contributed by atoms with Gasteiger partial charge in [-0.3, -0.25) is 4.99 Å². The van der Waals surface area contributed by atoms with Gasteiger partial charge < -0.3 is 15.1 Å². The van der Waals surface area contributed by atoms with Gasteiger partial charge in [-0.2, -0.15) is 0 Å². The highest BCUT2D eigenvalue weighted by Gasteiger charge is 2.40. The van der Waals surface area contributed by atoms with Gasteiger partial charge in [0.1, 0.15) is 0 Å². The molecule has 2 rings (SSSR count). The fourth-order valence-electron chi connectivity index (χ4n) is 3.40. The van der Waals surface area contributed by atoms with E-state index in [1.165, 1.54) is 25.9 Å². The van der Waals surface area contributed by atoms with Gasteiger partial charge in [-0.05, 0) is 59.2 Å². The van der Waals surface area contributed by atoms with Gasteiger partial charge in [-0.15, -0.1) is 24.0 Å². The second-order valence-electron chi connectivity index (χ2n) is 7.51. The maximum atomic E-state index is 12.1. The molecular weight excluding hydrogens is 439 g/mol. The van der Waals surface area contributed by atoms with E-state index in [9.17, 15) is 8.42 Å². The molecule has 1 N–H and O–H groups in total. The molecule has 6 nitrogen and oxygen atoms in total. The summed E-state index contributed by atoms with van der Waals surface area (Å²) < 4.78 is 23.5. The van der Waals surface area contributed by atoms with Gasteiger partial charge in [-0.1, -0.05) is 0 Å². The van der Waals surface area contributed by atoms with Crippen LogP contribution < -0.4 is 5.32 Å². The first-order chi connectivity index (χ1) is 10.7. The second-order valence-corrected chi connectivity index (χ2v) is 10.3. The van der Waals surface area contributed by atoms with Gasteiger partial charge >= 0.3 is 0 Å². The number of sulfone groups is 1. The number of nitrogens with zero attached hydrogens (tertiary/aromatic N) is 3. The first-order valence-electron chi connectivity index (χ1n) is 8.61. The van der Waals surface area contributed by atoms with Crippen LogP contribution in [0.15, 0.2) is 4.99 Å². The third-order valence-electron chi connectivity index (χ3n) is 5.23. The lowest BCUT2D eigenvalue weighted by Gasteiger charge is -2.39. The predicted octanol–water partition coefficient (Wildman–Crippen LogP) is 1.42. The van der Waals surface area contributed by atoms with Crippen LogP contribution >= 0.6 is 24.0 Å². The SMILES string of the molecule is CN=C(NCCC1CCN(C)CC1)N1CCS(=O)(=O)C(C)(C)C1.I. The number of nitrogens with one attached hydrogen (secondary N) is 1. The van der Waals surface area contributed by atoms with E-state index in [1.807, 2.05) is 0 Å². The highest BCUT2D eigenvalue weighted by atomic mass is 127. The van der Waals surface area contributed by atoms with Gasteiger partial charge in [-0.25, -0.2) is 8.42 Å². The lowest BCUT2D eigenvalue weighted by molar-refractivity contribution is 0.212. The summed E-state index contributed by atoms with van der Waals surface area (Å²) in [5.74, 6) is 1.83. The van der Waals surface area contributed by atoms with Crippen molar-refractivity contribution in [3.05, 3.63) is 0 Å². The van der Waals surface area contributed by atoms with Crippen molar-refractivity contribution in [1.82, 2.24) is 15.1 Å². The van der Waals surface area contributed by atoms with Gasteiger partial charge in [0, 0.05) is 26.7 Å². The molecule has 0 aliphatic carbocycles. The van der Waals surface area contributed by atoms with Crippen molar-refractivity contribution < 1.29 is 8.42 Å². The fourth-order valence-corrected chi connectivity index (χ4v) is 4.76. The quantitative estimate of drug-likeness (QED) is 0.383. The van der Waals surface area contributed by atoms with Crippen LogP contribution in [0.25, 0.3) is 0 Å². The van der Waals surface area contributed by atoms with E-state index in [-0.39, 0.29) is 29.7 Å². The van der Waals surface area contributed by atoms with Crippen LogP contribution in [0.1, 0.15) is 33.1 Å². The van der Waals surface area contributed by atoms with Crippen LogP contribution in [0.5, 0.6) is 0 Å². The molecule has 2 aliphatic heterocycles. The van der Waals surface area contributed by atoms with E-state index in [1.54, 1.807) is 20.9 Å². The molecule has 2 aliphatic rings. The Morgan fingerprint density at radius 1 is 1.25 bits per heavy atom. The average Bonchev–Trinajstić information content (AvgIpc) is 2.49. The maximum absolute atomic E-state index is 12.1. The third-order valence-corrected chi connectivity index (χ3v) is 7.76. The van der Waals surface area contributed by atoms with Crippen molar-refractivity contribution in [2.75, 3.05) is 52.6 Å². The van der Waals surface area contributed by atoms with E-state index in [2.05, 4.69) is 27.2 Å². The number of rotatable bonds is 3. The first-order valence-corrected chi connectivity index (χ1v) is 10.3. The minimum atomic E-state index is -3.01. The highest BCUT2D eigenvalue weighted by molar-refractivity contribution is 14.0. The zero-order valence-electron chi connectivity index (χ0n) is 15.4. The Hall–Kier alpha value is -0.0900. The molecule has 0 unspecified atom stereocenters. The number of hydrogen-bond acceptors (Lipinski definition) is 4. The summed E-state index contributed by atoms with van der Waals surface area (Å²) in [7, 11) is 0.947. The minimum absolute atomic E-state index is 0. The van der Waals surface area contributed by atoms with Crippen LogP contribution in [0.2, 0.25) is 0 Å². The smallest absolute Gasteiger partial charge is 0.193 e. The molecule has 2 heterocycles. The molecule has 0 amide bonds. The molecule has 0 aromatic rings. The average molecular weight is 472 g/mol. The Morgan fingerprint density at radius 2 is 1.88 bits per heavy atom. The fraction of sp³-hybridized carbons (Fsp3) is 0.938. The summed E-state index contributed by atoms with van der Waals surface area (Å²) in [4.78, 5) is 8.82.